The molecule has 0 amide bonds. The number of alkyl halides is 1. The highest BCUT2D eigenvalue weighted by Gasteiger charge is 2.33. The lowest BCUT2D eigenvalue weighted by Crippen LogP contribution is -2.18. The van der Waals surface area contributed by atoms with Crippen molar-refractivity contribution in [1.29, 1.82) is 0 Å². The van der Waals surface area contributed by atoms with Gasteiger partial charge in [-0.1, -0.05) is 15.9 Å². The normalized spacial score (nSPS) is 17.2. The van der Waals surface area contributed by atoms with Crippen LogP contribution in [0.5, 0.6) is 0 Å². The van der Waals surface area contributed by atoms with E-state index >= 15 is 0 Å². The molecule has 4 heteroatoms. The molecule has 2 rings (SSSR count). The summed E-state index contributed by atoms with van der Waals surface area (Å²) >= 11 is 3.28. The van der Waals surface area contributed by atoms with Crippen LogP contribution >= 0.6 is 15.9 Å². The molecule has 0 saturated heterocycles. The van der Waals surface area contributed by atoms with Gasteiger partial charge in [0.1, 0.15) is 17.4 Å². The third-order valence-electron chi connectivity index (χ3n) is 2.63. The van der Waals surface area contributed by atoms with Crippen molar-refractivity contribution in [3.63, 3.8) is 0 Å². The minimum absolute atomic E-state index is 0.143. The summed E-state index contributed by atoms with van der Waals surface area (Å²) in [5.41, 5.74) is 0.508. The van der Waals surface area contributed by atoms with Crippen LogP contribution in [-0.4, -0.2) is 10.6 Å². The Morgan fingerprint density at radius 3 is 2.38 bits per heavy atom. The molecule has 1 aromatic rings. The van der Waals surface area contributed by atoms with Gasteiger partial charge in [0.2, 0.25) is 0 Å². The van der Waals surface area contributed by atoms with Crippen LogP contribution in [0.2, 0.25) is 0 Å². The zero-order valence-corrected chi connectivity index (χ0v) is 10.1. The van der Waals surface area contributed by atoms with E-state index in [0.29, 0.717) is 12.0 Å². The molecule has 1 aromatic carbocycles. The van der Waals surface area contributed by atoms with E-state index in [0.717, 1.165) is 18.9 Å². The molecule has 1 aliphatic rings. The fourth-order valence-electron chi connectivity index (χ4n) is 1.66. The maximum Gasteiger partial charge on any atom is 0.149 e. The number of rotatable bonds is 4. The van der Waals surface area contributed by atoms with E-state index in [1.165, 1.54) is 12.1 Å². The predicted molar refractivity (Wildman–Crippen MR) is 60.5 cm³/mol. The van der Waals surface area contributed by atoms with E-state index in [9.17, 15) is 13.6 Å². The molecule has 1 nitrogen and oxygen atoms in total. The number of carbonyl (C=O) groups is 1. The molecule has 16 heavy (non-hydrogen) atoms. The Labute approximate surface area is 101 Å². The lowest BCUT2D eigenvalue weighted by Gasteiger charge is -2.08. The first-order chi connectivity index (χ1) is 7.56. The van der Waals surface area contributed by atoms with Crippen molar-refractivity contribution in [2.75, 3.05) is 0 Å². The summed E-state index contributed by atoms with van der Waals surface area (Å²) in [6.07, 6.45) is 2.22. The Kier molecular flexibility index (Phi) is 3.38. The average molecular weight is 289 g/mol. The average Bonchev–Trinajstić information content (AvgIpc) is 2.97. The zero-order valence-electron chi connectivity index (χ0n) is 8.55. The summed E-state index contributed by atoms with van der Waals surface area (Å²) < 4.78 is 25.8. The van der Waals surface area contributed by atoms with Gasteiger partial charge in [-0.25, -0.2) is 8.78 Å². The van der Waals surface area contributed by atoms with Crippen LogP contribution in [-0.2, 0) is 11.2 Å². The number of carbonyl (C=O) groups excluding carboxylic acids is 1. The Morgan fingerprint density at radius 2 is 1.88 bits per heavy atom. The SMILES string of the molecule is O=C(C(Br)Cc1cc(F)cc(F)c1)C1CC1. The first-order valence-corrected chi connectivity index (χ1v) is 6.10. The second-order valence-electron chi connectivity index (χ2n) is 4.13. The van der Waals surface area contributed by atoms with Gasteiger partial charge in [-0.15, -0.1) is 0 Å². The fraction of sp³-hybridized carbons (Fsp3) is 0.417. The number of hydrogen-bond acceptors (Lipinski definition) is 1. The maximum absolute atomic E-state index is 12.9. The van der Waals surface area contributed by atoms with Crippen LogP contribution in [0.3, 0.4) is 0 Å². The molecule has 1 fully saturated rings. The van der Waals surface area contributed by atoms with Crippen LogP contribution in [0.15, 0.2) is 18.2 Å². The standard InChI is InChI=1S/C12H11BrF2O/c13-11(12(16)8-1-2-8)5-7-3-9(14)6-10(15)4-7/h3-4,6,8,11H,1-2,5H2. The van der Waals surface area contributed by atoms with Gasteiger partial charge in [-0.05, 0) is 37.0 Å². The first kappa shape index (κ1) is 11.7. The van der Waals surface area contributed by atoms with Crippen molar-refractivity contribution < 1.29 is 13.6 Å². The third kappa shape index (κ3) is 2.88. The van der Waals surface area contributed by atoms with Crippen molar-refractivity contribution in [3.05, 3.63) is 35.4 Å². The van der Waals surface area contributed by atoms with Gasteiger partial charge < -0.3 is 0 Å². The van der Waals surface area contributed by atoms with Gasteiger partial charge in [-0.3, -0.25) is 4.79 Å². The Balaban J connectivity index is 2.04. The highest BCUT2D eigenvalue weighted by molar-refractivity contribution is 9.10. The minimum Gasteiger partial charge on any atom is -0.298 e. The highest BCUT2D eigenvalue weighted by atomic mass is 79.9. The molecule has 0 spiro atoms. The van der Waals surface area contributed by atoms with E-state index in [4.69, 9.17) is 0 Å². The van der Waals surface area contributed by atoms with Crippen LogP contribution < -0.4 is 0 Å². The summed E-state index contributed by atoms with van der Waals surface area (Å²) in [4.78, 5) is 11.3. The molecular formula is C12H11BrF2O. The molecule has 0 heterocycles. The van der Waals surface area contributed by atoms with E-state index < -0.39 is 11.6 Å². The van der Waals surface area contributed by atoms with Gasteiger partial charge in [0.15, 0.2) is 0 Å². The van der Waals surface area contributed by atoms with E-state index in [1.54, 1.807) is 0 Å². The van der Waals surface area contributed by atoms with E-state index in [2.05, 4.69) is 15.9 Å². The Hall–Kier alpha value is -0.770. The van der Waals surface area contributed by atoms with Gasteiger partial charge in [0.05, 0.1) is 4.83 Å². The number of ketones is 1. The Bertz CT molecular complexity index is 395. The number of Topliss-reactive ketones (excluding diaryl/α,β-unsaturated/α-hetero) is 1. The maximum atomic E-state index is 12.9. The van der Waals surface area contributed by atoms with Crippen LogP contribution in [0.1, 0.15) is 18.4 Å². The van der Waals surface area contributed by atoms with Crippen molar-refractivity contribution >= 4 is 21.7 Å². The highest BCUT2D eigenvalue weighted by Crippen LogP contribution is 2.33. The lowest BCUT2D eigenvalue weighted by atomic mass is 10.1. The zero-order chi connectivity index (χ0) is 11.7. The fourth-order valence-corrected chi connectivity index (χ4v) is 2.41. The molecule has 0 radical (unpaired) electrons. The monoisotopic (exact) mass is 288 g/mol. The number of benzene rings is 1. The summed E-state index contributed by atoms with van der Waals surface area (Å²) in [6, 6.07) is 3.35. The van der Waals surface area contributed by atoms with Gasteiger partial charge in [0, 0.05) is 12.0 Å². The topological polar surface area (TPSA) is 17.1 Å². The van der Waals surface area contributed by atoms with Gasteiger partial charge in [-0.2, -0.15) is 0 Å². The van der Waals surface area contributed by atoms with E-state index in [1.807, 2.05) is 0 Å². The van der Waals surface area contributed by atoms with Crippen LogP contribution in [0.4, 0.5) is 8.78 Å². The van der Waals surface area contributed by atoms with E-state index in [-0.39, 0.29) is 16.5 Å². The molecule has 0 N–H and O–H groups in total. The summed E-state index contributed by atoms with van der Waals surface area (Å²) in [6.45, 7) is 0. The molecule has 0 aromatic heterocycles. The molecule has 86 valence electrons. The van der Waals surface area contributed by atoms with Crippen molar-refractivity contribution in [1.82, 2.24) is 0 Å². The largest absolute Gasteiger partial charge is 0.298 e. The smallest absolute Gasteiger partial charge is 0.149 e. The quantitative estimate of drug-likeness (QED) is 0.778. The van der Waals surface area contributed by atoms with Crippen molar-refractivity contribution in [3.8, 4) is 0 Å². The summed E-state index contributed by atoms with van der Waals surface area (Å²) in [5.74, 6) is -0.908. The molecule has 0 bridgehead atoms. The van der Waals surface area contributed by atoms with Gasteiger partial charge in [0.25, 0.3) is 0 Å². The first-order valence-electron chi connectivity index (χ1n) is 5.19. The van der Waals surface area contributed by atoms with Crippen molar-refractivity contribution in [2.24, 2.45) is 5.92 Å². The summed E-state index contributed by atoms with van der Waals surface area (Å²) in [5, 5.41) is 0. The molecular weight excluding hydrogens is 278 g/mol. The molecule has 0 aliphatic heterocycles. The molecule has 1 atom stereocenters. The third-order valence-corrected chi connectivity index (χ3v) is 3.40. The second-order valence-corrected chi connectivity index (χ2v) is 5.23. The van der Waals surface area contributed by atoms with Crippen LogP contribution in [0.25, 0.3) is 0 Å². The van der Waals surface area contributed by atoms with Gasteiger partial charge >= 0.3 is 0 Å². The molecule has 1 unspecified atom stereocenters. The second kappa shape index (κ2) is 4.62. The van der Waals surface area contributed by atoms with Crippen LogP contribution in [0, 0.1) is 17.6 Å². The van der Waals surface area contributed by atoms with Crippen molar-refractivity contribution in [2.45, 2.75) is 24.1 Å². The Morgan fingerprint density at radius 1 is 1.31 bits per heavy atom. The lowest BCUT2D eigenvalue weighted by molar-refractivity contribution is -0.119. The molecule has 1 saturated carbocycles. The number of halogens is 3. The predicted octanol–water partition coefficient (Wildman–Crippen LogP) is 3.25. The minimum atomic E-state index is -0.603. The number of hydrogen-bond donors (Lipinski definition) is 0. The summed E-state index contributed by atoms with van der Waals surface area (Å²) in [7, 11) is 0. The molecule has 1 aliphatic carbocycles.